The van der Waals surface area contributed by atoms with Crippen molar-refractivity contribution >= 4 is 17.2 Å². The maximum atomic E-state index is 13.2. The minimum absolute atomic E-state index is 0.101. The van der Waals surface area contributed by atoms with E-state index in [9.17, 15) is 14.4 Å². The van der Waals surface area contributed by atoms with E-state index in [0.717, 1.165) is 23.3 Å². The SMILES string of the molecule is N#CC1(NC(=O)CNC(c2ccc(F)cc2)c2cccs2)CCCC1. The summed E-state index contributed by atoms with van der Waals surface area (Å²) in [5, 5.41) is 17.5. The first-order valence-electron chi connectivity index (χ1n) is 8.36. The summed E-state index contributed by atoms with van der Waals surface area (Å²) < 4.78 is 13.2. The maximum Gasteiger partial charge on any atom is 0.235 e. The molecule has 2 aromatic rings. The number of nitrogens with zero attached hydrogens (tertiary/aromatic N) is 1. The van der Waals surface area contributed by atoms with Crippen molar-refractivity contribution in [2.45, 2.75) is 37.3 Å². The molecule has 0 spiro atoms. The molecule has 1 heterocycles. The number of nitriles is 1. The van der Waals surface area contributed by atoms with Gasteiger partial charge in [0.05, 0.1) is 18.7 Å². The number of thiophene rings is 1. The number of halogens is 1. The quantitative estimate of drug-likeness (QED) is 0.831. The Morgan fingerprint density at radius 1 is 1.28 bits per heavy atom. The Morgan fingerprint density at radius 2 is 2.00 bits per heavy atom. The van der Waals surface area contributed by atoms with E-state index in [-0.39, 0.29) is 24.3 Å². The van der Waals surface area contributed by atoms with Crippen LogP contribution in [0.3, 0.4) is 0 Å². The van der Waals surface area contributed by atoms with Crippen molar-refractivity contribution in [2.75, 3.05) is 6.54 Å². The molecule has 1 unspecified atom stereocenters. The second kappa shape index (κ2) is 7.77. The predicted octanol–water partition coefficient (Wildman–Crippen LogP) is 3.52. The number of nitrogens with one attached hydrogen (secondary N) is 2. The fourth-order valence-electron chi connectivity index (χ4n) is 3.24. The Labute approximate surface area is 150 Å². The zero-order chi connectivity index (χ0) is 17.7. The van der Waals surface area contributed by atoms with Crippen LogP contribution >= 0.6 is 11.3 Å². The second-order valence-electron chi connectivity index (χ2n) is 6.33. The zero-order valence-electron chi connectivity index (χ0n) is 13.8. The van der Waals surface area contributed by atoms with E-state index in [4.69, 9.17) is 0 Å². The van der Waals surface area contributed by atoms with Crippen LogP contribution in [0.5, 0.6) is 0 Å². The highest BCUT2D eigenvalue weighted by molar-refractivity contribution is 7.10. The molecule has 1 amide bonds. The van der Waals surface area contributed by atoms with E-state index in [2.05, 4.69) is 16.7 Å². The van der Waals surface area contributed by atoms with Crippen LogP contribution in [0.25, 0.3) is 0 Å². The number of benzene rings is 1. The van der Waals surface area contributed by atoms with E-state index in [1.807, 2.05) is 17.5 Å². The monoisotopic (exact) mass is 357 g/mol. The molecule has 1 fully saturated rings. The molecule has 0 aliphatic heterocycles. The van der Waals surface area contributed by atoms with Gasteiger partial charge in [0.15, 0.2) is 0 Å². The Hall–Kier alpha value is -2.23. The van der Waals surface area contributed by atoms with Gasteiger partial charge in [0.1, 0.15) is 11.4 Å². The number of carbonyl (C=O) groups excluding carboxylic acids is 1. The summed E-state index contributed by atoms with van der Waals surface area (Å²) in [6.45, 7) is 0.101. The molecule has 3 rings (SSSR count). The topological polar surface area (TPSA) is 64.9 Å². The maximum absolute atomic E-state index is 13.2. The van der Waals surface area contributed by atoms with Crippen molar-refractivity contribution < 1.29 is 9.18 Å². The van der Waals surface area contributed by atoms with E-state index >= 15 is 0 Å². The van der Waals surface area contributed by atoms with Gasteiger partial charge in [-0.15, -0.1) is 11.3 Å². The average Bonchev–Trinajstić information content (AvgIpc) is 3.29. The Morgan fingerprint density at radius 3 is 2.60 bits per heavy atom. The predicted molar refractivity (Wildman–Crippen MR) is 95.5 cm³/mol. The summed E-state index contributed by atoms with van der Waals surface area (Å²) >= 11 is 1.58. The molecule has 0 bridgehead atoms. The van der Waals surface area contributed by atoms with Gasteiger partial charge in [0.25, 0.3) is 0 Å². The summed E-state index contributed by atoms with van der Waals surface area (Å²) in [5.41, 5.74) is 0.181. The summed E-state index contributed by atoms with van der Waals surface area (Å²) in [7, 11) is 0. The highest BCUT2D eigenvalue weighted by Gasteiger charge is 2.35. The van der Waals surface area contributed by atoms with Gasteiger partial charge in [-0.2, -0.15) is 5.26 Å². The van der Waals surface area contributed by atoms with E-state index in [0.29, 0.717) is 12.8 Å². The summed E-state index contributed by atoms with van der Waals surface area (Å²) in [6, 6.07) is 12.3. The van der Waals surface area contributed by atoms with Crippen molar-refractivity contribution in [3.8, 4) is 6.07 Å². The Bertz CT molecular complexity index is 746. The van der Waals surface area contributed by atoms with Crippen molar-refractivity contribution in [1.29, 1.82) is 5.26 Å². The molecule has 130 valence electrons. The van der Waals surface area contributed by atoms with Gasteiger partial charge >= 0.3 is 0 Å². The number of hydrogen-bond donors (Lipinski definition) is 2. The van der Waals surface area contributed by atoms with E-state index in [1.165, 1.54) is 12.1 Å². The molecule has 1 saturated carbocycles. The molecule has 2 N–H and O–H groups in total. The highest BCUT2D eigenvalue weighted by Crippen LogP contribution is 2.29. The first kappa shape index (κ1) is 17.6. The van der Waals surface area contributed by atoms with Crippen LogP contribution in [0.2, 0.25) is 0 Å². The molecule has 4 nitrogen and oxygen atoms in total. The van der Waals surface area contributed by atoms with Gasteiger partial charge in [-0.3, -0.25) is 10.1 Å². The van der Waals surface area contributed by atoms with Crippen LogP contribution in [0.15, 0.2) is 41.8 Å². The lowest BCUT2D eigenvalue weighted by molar-refractivity contribution is -0.121. The molecule has 25 heavy (non-hydrogen) atoms. The molecule has 1 aliphatic carbocycles. The summed E-state index contributed by atoms with van der Waals surface area (Å²) in [5.74, 6) is -0.476. The molecular weight excluding hydrogens is 337 g/mol. The fraction of sp³-hybridized carbons (Fsp3) is 0.368. The van der Waals surface area contributed by atoms with E-state index in [1.54, 1.807) is 23.5 Å². The van der Waals surface area contributed by atoms with Gasteiger partial charge in [0, 0.05) is 4.88 Å². The highest BCUT2D eigenvalue weighted by atomic mass is 32.1. The number of carbonyl (C=O) groups is 1. The second-order valence-corrected chi connectivity index (χ2v) is 7.31. The molecule has 6 heteroatoms. The molecule has 1 atom stereocenters. The molecule has 0 radical (unpaired) electrons. The van der Waals surface area contributed by atoms with Crippen molar-refractivity contribution in [3.05, 3.63) is 58.0 Å². The third-order valence-electron chi connectivity index (χ3n) is 4.55. The standard InChI is InChI=1S/C19H20FN3OS/c20-15-7-5-14(6-8-15)18(16-4-3-11-25-16)22-12-17(24)23-19(13-21)9-1-2-10-19/h3-8,11,18,22H,1-2,9-10,12H2,(H,23,24). The van der Waals surface area contributed by atoms with Crippen LogP contribution in [0.1, 0.15) is 42.2 Å². The van der Waals surface area contributed by atoms with Gasteiger partial charge in [-0.1, -0.05) is 18.2 Å². The van der Waals surface area contributed by atoms with Crippen molar-refractivity contribution in [2.24, 2.45) is 0 Å². The van der Waals surface area contributed by atoms with Crippen LogP contribution in [0, 0.1) is 17.1 Å². The van der Waals surface area contributed by atoms with Crippen LogP contribution in [-0.2, 0) is 4.79 Å². The van der Waals surface area contributed by atoms with Gasteiger partial charge in [-0.05, 0) is 54.8 Å². The number of amides is 1. The first-order valence-corrected chi connectivity index (χ1v) is 9.24. The average molecular weight is 357 g/mol. The summed E-state index contributed by atoms with van der Waals surface area (Å²) in [4.78, 5) is 13.4. The lowest BCUT2D eigenvalue weighted by Crippen LogP contribution is -2.48. The molecule has 1 aromatic heterocycles. The molecule has 0 saturated heterocycles. The fourth-order valence-corrected chi connectivity index (χ4v) is 4.07. The van der Waals surface area contributed by atoms with Crippen molar-refractivity contribution in [3.63, 3.8) is 0 Å². The minimum Gasteiger partial charge on any atom is -0.337 e. The van der Waals surface area contributed by atoms with Crippen molar-refractivity contribution in [1.82, 2.24) is 10.6 Å². The van der Waals surface area contributed by atoms with Gasteiger partial charge in [-0.25, -0.2) is 4.39 Å². The zero-order valence-corrected chi connectivity index (χ0v) is 14.6. The Balaban J connectivity index is 1.68. The third-order valence-corrected chi connectivity index (χ3v) is 5.48. The lowest BCUT2D eigenvalue weighted by atomic mass is 10.00. The number of hydrogen-bond acceptors (Lipinski definition) is 4. The summed E-state index contributed by atoms with van der Waals surface area (Å²) in [6.07, 6.45) is 3.35. The van der Waals surface area contributed by atoms with Gasteiger partial charge < -0.3 is 5.32 Å². The largest absolute Gasteiger partial charge is 0.337 e. The van der Waals surface area contributed by atoms with Crippen LogP contribution in [0.4, 0.5) is 4.39 Å². The van der Waals surface area contributed by atoms with Crippen LogP contribution < -0.4 is 10.6 Å². The van der Waals surface area contributed by atoms with Gasteiger partial charge in [0.2, 0.25) is 5.91 Å². The smallest absolute Gasteiger partial charge is 0.235 e. The van der Waals surface area contributed by atoms with Crippen LogP contribution in [-0.4, -0.2) is 18.0 Å². The Kier molecular flexibility index (Phi) is 5.47. The number of rotatable bonds is 6. The molecular formula is C19H20FN3OS. The minimum atomic E-state index is -0.715. The van der Waals surface area contributed by atoms with E-state index < -0.39 is 5.54 Å². The molecule has 1 aromatic carbocycles. The third kappa shape index (κ3) is 4.25. The molecule has 1 aliphatic rings. The normalized spacial score (nSPS) is 17.0. The first-order chi connectivity index (χ1) is 12.1. The lowest BCUT2D eigenvalue weighted by Gasteiger charge is -2.23.